The Morgan fingerprint density at radius 1 is 1.07 bits per heavy atom. The fourth-order valence-corrected chi connectivity index (χ4v) is 3.80. The summed E-state index contributed by atoms with van der Waals surface area (Å²) >= 11 is 0. The number of anilines is 1. The van der Waals surface area contributed by atoms with Crippen LogP contribution >= 0.6 is 0 Å². The number of nitrogens with zero attached hydrogens (tertiary/aromatic N) is 2. The van der Waals surface area contributed by atoms with Crippen molar-refractivity contribution in [2.75, 3.05) is 5.32 Å². The molecule has 3 amide bonds. The van der Waals surface area contributed by atoms with Gasteiger partial charge in [-0.1, -0.05) is 30.8 Å². The number of carbonyl (C=O) groups excluding carboxylic acids is 2. The molecular formula is C21H27N5O3. The number of benzene rings is 1. The van der Waals surface area contributed by atoms with Crippen LogP contribution in [-0.4, -0.2) is 28.1 Å². The molecule has 2 aliphatic carbocycles. The van der Waals surface area contributed by atoms with Crippen LogP contribution in [0.4, 0.5) is 10.5 Å². The highest BCUT2D eigenvalue weighted by Crippen LogP contribution is 2.35. The topological polar surface area (TPSA) is 109 Å². The molecule has 8 nitrogen and oxygen atoms in total. The van der Waals surface area contributed by atoms with Gasteiger partial charge in [-0.3, -0.25) is 4.79 Å². The number of hydrogen-bond donors (Lipinski definition) is 3. The van der Waals surface area contributed by atoms with Gasteiger partial charge in [-0.2, -0.15) is 4.98 Å². The van der Waals surface area contributed by atoms with Crippen molar-refractivity contribution < 1.29 is 14.1 Å². The fraction of sp³-hybridized carbons (Fsp3) is 0.524. The van der Waals surface area contributed by atoms with Gasteiger partial charge < -0.3 is 20.5 Å². The minimum absolute atomic E-state index is 0.177. The lowest BCUT2D eigenvalue weighted by Crippen LogP contribution is -2.46. The Balaban J connectivity index is 1.46. The van der Waals surface area contributed by atoms with E-state index >= 15 is 0 Å². The van der Waals surface area contributed by atoms with Crippen molar-refractivity contribution in [2.45, 2.75) is 69.9 Å². The van der Waals surface area contributed by atoms with Gasteiger partial charge in [0.15, 0.2) is 5.82 Å². The third kappa shape index (κ3) is 4.75. The molecule has 29 heavy (non-hydrogen) atoms. The molecule has 0 spiro atoms. The molecule has 4 rings (SSSR count). The van der Waals surface area contributed by atoms with Gasteiger partial charge in [-0.05, 0) is 49.9 Å². The normalized spacial score (nSPS) is 18.5. The Labute approximate surface area is 169 Å². The van der Waals surface area contributed by atoms with Crippen LogP contribution < -0.4 is 16.0 Å². The highest BCUT2D eigenvalue weighted by Gasteiger charge is 2.39. The van der Waals surface area contributed by atoms with Crippen LogP contribution in [0.25, 0.3) is 0 Å². The van der Waals surface area contributed by atoms with Gasteiger partial charge in [0.05, 0.1) is 0 Å². The van der Waals surface area contributed by atoms with Gasteiger partial charge >= 0.3 is 6.03 Å². The molecule has 154 valence electrons. The van der Waals surface area contributed by atoms with E-state index < -0.39 is 5.54 Å². The van der Waals surface area contributed by atoms with E-state index in [-0.39, 0.29) is 11.9 Å². The number of hydrogen-bond acceptors (Lipinski definition) is 5. The molecule has 3 N–H and O–H groups in total. The number of aryl methyl sites for hydroxylation is 1. The molecule has 2 aromatic rings. The number of aromatic nitrogens is 2. The summed E-state index contributed by atoms with van der Waals surface area (Å²) in [6, 6.07) is 6.99. The highest BCUT2D eigenvalue weighted by atomic mass is 16.5. The van der Waals surface area contributed by atoms with E-state index in [1.54, 1.807) is 31.2 Å². The molecule has 1 aromatic heterocycles. The lowest BCUT2D eigenvalue weighted by atomic mass is 9.88. The van der Waals surface area contributed by atoms with E-state index in [2.05, 4.69) is 26.1 Å². The second-order valence-electron chi connectivity index (χ2n) is 8.04. The van der Waals surface area contributed by atoms with E-state index in [0.29, 0.717) is 29.0 Å². The highest BCUT2D eigenvalue weighted by molar-refractivity contribution is 5.96. The Morgan fingerprint density at radius 3 is 2.34 bits per heavy atom. The van der Waals surface area contributed by atoms with Crippen LogP contribution in [0.15, 0.2) is 28.8 Å². The summed E-state index contributed by atoms with van der Waals surface area (Å²) < 4.78 is 5.20. The molecule has 2 saturated carbocycles. The van der Waals surface area contributed by atoms with Crippen molar-refractivity contribution in [3.63, 3.8) is 0 Å². The average Bonchev–Trinajstić information content (AvgIpc) is 3.45. The summed E-state index contributed by atoms with van der Waals surface area (Å²) in [5.74, 6) is 0.876. The van der Waals surface area contributed by atoms with Crippen molar-refractivity contribution in [3.8, 4) is 0 Å². The minimum Gasteiger partial charge on any atom is -0.340 e. The summed E-state index contributed by atoms with van der Waals surface area (Å²) in [7, 11) is 0. The Bertz CT molecular complexity index is 865. The number of urea groups is 1. The molecule has 0 radical (unpaired) electrons. The van der Waals surface area contributed by atoms with Crippen LogP contribution in [0.3, 0.4) is 0 Å². The molecule has 0 atom stereocenters. The lowest BCUT2D eigenvalue weighted by molar-refractivity contribution is 0.0876. The zero-order chi connectivity index (χ0) is 20.3. The number of rotatable bonds is 5. The first-order valence-corrected chi connectivity index (χ1v) is 10.3. The van der Waals surface area contributed by atoms with Gasteiger partial charge in [0.2, 0.25) is 5.89 Å². The number of nitrogens with one attached hydrogen (secondary N) is 3. The van der Waals surface area contributed by atoms with Crippen LogP contribution in [0.1, 0.15) is 73.4 Å². The van der Waals surface area contributed by atoms with Crippen LogP contribution in [0.5, 0.6) is 0 Å². The van der Waals surface area contributed by atoms with E-state index in [0.717, 1.165) is 51.4 Å². The summed E-state index contributed by atoms with van der Waals surface area (Å²) in [5.41, 5.74) is 0.575. The first-order chi connectivity index (χ1) is 14.0. The number of amides is 3. The predicted octanol–water partition coefficient (Wildman–Crippen LogP) is 3.64. The van der Waals surface area contributed by atoms with Crippen LogP contribution in [0, 0.1) is 6.92 Å². The largest absolute Gasteiger partial charge is 0.340 e. The van der Waals surface area contributed by atoms with Gasteiger partial charge in [0.25, 0.3) is 5.91 Å². The quantitative estimate of drug-likeness (QED) is 0.668. The van der Waals surface area contributed by atoms with Gasteiger partial charge in [0.1, 0.15) is 5.54 Å². The fourth-order valence-electron chi connectivity index (χ4n) is 3.80. The summed E-state index contributed by atoms with van der Waals surface area (Å²) in [4.78, 5) is 29.3. The molecule has 0 bridgehead atoms. The lowest BCUT2D eigenvalue weighted by Gasteiger charge is -2.30. The van der Waals surface area contributed by atoms with E-state index in [9.17, 15) is 9.59 Å². The molecule has 0 unspecified atom stereocenters. The van der Waals surface area contributed by atoms with E-state index in [1.165, 1.54) is 0 Å². The number of carbonyl (C=O) groups is 2. The Hall–Kier alpha value is -2.90. The van der Waals surface area contributed by atoms with Crippen molar-refractivity contribution in [3.05, 3.63) is 41.5 Å². The predicted molar refractivity (Wildman–Crippen MR) is 107 cm³/mol. The van der Waals surface area contributed by atoms with Gasteiger partial charge in [0, 0.05) is 24.2 Å². The minimum atomic E-state index is -0.605. The molecule has 1 heterocycles. The molecule has 0 saturated heterocycles. The summed E-state index contributed by atoms with van der Waals surface area (Å²) in [5, 5.41) is 13.0. The molecule has 0 aliphatic heterocycles. The van der Waals surface area contributed by atoms with Crippen LogP contribution in [-0.2, 0) is 5.54 Å². The maximum atomic E-state index is 13.0. The molecular weight excluding hydrogens is 370 g/mol. The smallest absolute Gasteiger partial charge is 0.319 e. The summed E-state index contributed by atoms with van der Waals surface area (Å²) in [6.45, 7) is 1.76. The summed E-state index contributed by atoms with van der Waals surface area (Å²) in [6.07, 6.45) is 7.94. The van der Waals surface area contributed by atoms with Crippen molar-refractivity contribution in [1.29, 1.82) is 0 Å². The zero-order valence-electron chi connectivity index (χ0n) is 16.7. The van der Waals surface area contributed by atoms with E-state index in [4.69, 9.17) is 4.52 Å². The Morgan fingerprint density at radius 2 is 1.76 bits per heavy atom. The monoisotopic (exact) mass is 397 g/mol. The maximum Gasteiger partial charge on any atom is 0.319 e. The SMILES string of the molecule is Cc1nc(C2(NC(=O)c3ccc(NC(=O)NC4CC4)cc3)CCCCCC2)no1. The molecule has 8 heteroatoms. The standard InChI is InChI=1S/C21H27N5O3/c1-14-22-19(26-29-14)21(12-4-2-3-5-13-21)25-18(27)15-6-8-16(9-7-15)23-20(28)24-17-10-11-17/h6-9,17H,2-5,10-13H2,1H3,(H,25,27)(H2,23,24,28). The second-order valence-corrected chi connectivity index (χ2v) is 8.04. The molecule has 2 aliphatic rings. The first kappa shape index (κ1) is 19.4. The molecule has 2 fully saturated rings. The third-order valence-corrected chi connectivity index (χ3v) is 5.58. The first-order valence-electron chi connectivity index (χ1n) is 10.3. The van der Waals surface area contributed by atoms with Gasteiger partial charge in [-0.25, -0.2) is 4.79 Å². The van der Waals surface area contributed by atoms with Crippen LogP contribution in [0.2, 0.25) is 0 Å². The molecule has 1 aromatic carbocycles. The zero-order valence-corrected chi connectivity index (χ0v) is 16.7. The van der Waals surface area contributed by atoms with E-state index in [1.807, 2.05) is 0 Å². The third-order valence-electron chi connectivity index (χ3n) is 5.58. The maximum absolute atomic E-state index is 13.0. The second kappa shape index (κ2) is 8.23. The Kier molecular flexibility index (Phi) is 5.51. The van der Waals surface area contributed by atoms with Gasteiger partial charge in [-0.15, -0.1) is 0 Å². The van der Waals surface area contributed by atoms with Crippen molar-refractivity contribution >= 4 is 17.6 Å². The average molecular weight is 397 g/mol. The van der Waals surface area contributed by atoms with Crippen molar-refractivity contribution in [2.24, 2.45) is 0 Å². The van der Waals surface area contributed by atoms with Crippen molar-refractivity contribution in [1.82, 2.24) is 20.8 Å².